The van der Waals surface area contributed by atoms with Crippen LogP contribution in [0, 0.1) is 0 Å². The van der Waals surface area contributed by atoms with Crippen LogP contribution in [0.25, 0.3) is 16.6 Å². The molecule has 0 radical (unpaired) electrons. The highest BCUT2D eigenvalue weighted by Crippen LogP contribution is 2.28. The predicted molar refractivity (Wildman–Crippen MR) is 93.9 cm³/mol. The van der Waals surface area contributed by atoms with Crippen molar-refractivity contribution < 1.29 is 4.79 Å². The van der Waals surface area contributed by atoms with Crippen molar-refractivity contribution in [2.45, 2.75) is 0 Å². The van der Waals surface area contributed by atoms with E-state index in [2.05, 4.69) is 15.0 Å². The Morgan fingerprint density at radius 2 is 2.12 bits per heavy atom. The van der Waals surface area contributed by atoms with Gasteiger partial charge >= 0.3 is 0 Å². The van der Waals surface area contributed by atoms with Gasteiger partial charge in [0.2, 0.25) is 0 Å². The smallest absolute Gasteiger partial charge is 0.265 e. The predicted octanol–water partition coefficient (Wildman–Crippen LogP) is 3.01. The number of allylic oxidation sites excluding steroid dienone is 1. The number of imidazole rings is 1. The van der Waals surface area contributed by atoms with Crippen molar-refractivity contribution in [3.05, 3.63) is 60.3 Å². The van der Waals surface area contributed by atoms with E-state index >= 15 is 0 Å². The summed E-state index contributed by atoms with van der Waals surface area (Å²) in [6.45, 7) is 0.134. The van der Waals surface area contributed by atoms with E-state index in [9.17, 15) is 4.79 Å². The van der Waals surface area contributed by atoms with Crippen LogP contribution in [0.15, 0.2) is 60.3 Å². The third kappa shape index (κ3) is 2.68. The Labute approximate surface area is 142 Å². The van der Waals surface area contributed by atoms with Crippen molar-refractivity contribution in [2.75, 3.05) is 11.4 Å². The standard InChI is InChI=1S/C17H12ClN5O/c18-12-2-3-13-14(8-12)21-16(9-15(13)23-7-5-19-11-23)22-6-1-4-20-17(24)10-22/h1-9,11H,10H2. The molecule has 0 saturated carbocycles. The first-order valence-corrected chi connectivity index (χ1v) is 7.67. The Morgan fingerprint density at radius 1 is 1.21 bits per heavy atom. The zero-order valence-electron chi connectivity index (χ0n) is 12.5. The van der Waals surface area contributed by atoms with Gasteiger partial charge in [0.25, 0.3) is 5.91 Å². The maximum atomic E-state index is 11.8. The first-order valence-electron chi connectivity index (χ1n) is 7.30. The summed E-state index contributed by atoms with van der Waals surface area (Å²) >= 11 is 6.12. The molecule has 1 aliphatic heterocycles. The lowest BCUT2D eigenvalue weighted by Gasteiger charge is -2.19. The van der Waals surface area contributed by atoms with E-state index in [4.69, 9.17) is 11.6 Å². The zero-order valence-corrected chi connectivity index (χ0v) is 13.3. The number of carbonyl (C=O) groups excluding carboxylic acids is 1. The molecule has 0 fully saturated rings. The highest BCUT2D eigenvalue weighted by atomic mass is 35.5. The molecule has 1 aliphatic rings. The van der Waals surface area contributed by atoms with Gasteiger partial charge in [-0.05, 0) is 24.3 Å². The molecule has 3 heterocycles. The number of anilines is 1. The third-order valence-corrected chi connectivity index (χ3v) is 3.92. The van der Waals surface area contributed by atoms with Crippen LogP contribution in [0.2, 0.25) is 5.02 Å². The molecule has 2 aromatic heterocycles. The first-order chi connectivity index (χ1) is 11.7. The van der Waals surface area contributed by atoms with Crippen molar-refractivity contribution in [1.82, 2.24) is 14.5 Å². The molecule has 0 bridgehead atoms. The van der Waals surface area contributed by atoms with Gasteiger partial charge in [-0.2, -0.15) is 0 Å². The van der Waals surface area contributed by atoms with Gasteiger partial charge in [0.1, 0.15) is 12.4 Å². The molecular formula is C17H12ClN5O. The van der Waals surface area contributed by atoms with Crippen LogP contribution in [0.4, 0.5) is 5.82 Å². The summed E-state index contributed by atoms with van der Waals surface area (Å²) in [6, 6.07) is 7.48. The number of benzene rings is 1. The molecule has 1 amide bonds. The fourth-order valence-electron chi connectivity index (χ4n) is 2.60. The Kier molecular flexibility index (Phi) is 3.59. The number of pyridine rings is 1. The molecule has 0 N–H and O–H groups in total. The van der Waals surface area contributed by atoms with Crippen LogP contribution in [-0.4, -0.2) is 33.2 Å². The lowest BCUT2D eigenvalue weighted by atomic mass is 10.1. The number of nitrogens with zero attached hydrogens (tertiary/aromatic N) is 5. The number of carbonyl (C=O) groups is 1. The Morgan fingerprint density at radius 3 is 2.96 bits per heavy atom. The number of hydrogen-bond acceptors (Lipinski definition) is 4. The van der Waals surface area contributed by atoms with E-state index in [0.717, 1.165) is 16.6 Å². The van der Waals surface area contributed by atoms with Crippen molar-refractivity contribution in [3.8, 4) is 5.69 Å². The van der Waals surface area contributed by atoms with Crippen LogP contribution in [0.1, 0.15) is 0 Å². The van der Waals surface area contributed by atoms with Crippen LogP contribution in [0.3, 0.4) is 0 Å². The topological polar surface area (TPSA) is 63.4 Å². The summed E-state index contributed by atoms with van der Waals surface area (Å²) in [6.07, 6.45) is 10.3. The molecule has 118 valence electrons. The highest BCUT2D eigenvalue weighted by molar-refractivity contribution is 6.31. The number of aromatic nitrogens is 3. The Hall–Kier alpha value is -2.99. The molecule has 3 aromatic rings. The van der Waals surface area contributed by atoms with Gasteiger partial charge in [-0.15, -0.1) is 0 Å². The molecule has 0 spiro atoms. The van der Waals surface area contributed by atoms with Crippen molar-refractivity contribution in [3.63, 3.8) is 0 Å². The monoisotopic (exact) mass is 337 g/mol. The molecule has 0 aliphatic carbocycles. The van der Waals surface area contributed by atoms with Gasteiger partial charge in [0.15, 0.2) is 0 Å². The second-order valence-corrected chi connectivity index (χ2v) is 5.71. The molecule has 0 saturated heterocycles. The molecule has 0 atom stereocenters. The number of hydrogen-bond donors (Lipinski definition) is 0. The lowest BCUT2D eigenvalue weighted by molar-refractivity contribution is -0.116. The summed E-state index contributed by atoms with van der Waals surface area (Å²) in [7, 11) is 0. The van der Waals surface area contributed by atoms with Crippen LogP contribution in [0.5, 0.6) is 0 Å². The minimum absolute atomic E-state index is 0.134. The van der Waals surface area contributed by atoms with E-state index in [-0.39, 0.29) is 12.5 Å². The fourth-order valence-corrected chi connectivity index (χ4v) is 2.76. The summed E-state index contributed by atoms with van der Waals surface area (Å²) in [4.78, 5) is 26.1. The highest BCUT2D eigenvalue weighted by Gasteiger charge is 2.15. The van der Waals surface area contributed by atoms with Crippen LogP contribution < -0.4 is 4.90 Å². The normalized spacial score (nSPS) is 14.4. The van der Waals surface area contributed by atoms with E-state index in [1.54, 1.807) is 35.8 Å². The van der Waals surface area contributed by atoms with Gasteiger partial charge in [-0.3, -0.25) is 4.79 Å². The van der Waals surface area contributed by atoms with Crippen molar-refractivity contribution in [1.29, 1.82) is 0 Å². The largest absolute Gasteiger partial charge is 0.323 e. The number of halogens is 1. The number of amides is 1. The maximum Gasteiger partial charge on any atom is 0.265 e. The molecule has 6 nitrogen and oxygen atoms in total. The Balaban J connectivity index is 1.92. The Bertz CT molecular complexity index is 978. The molecule has 4 rings (SSSR count). The quantitative estimate of drug-likeness (QED) is 0.721. The van der Waals surface area contributed by atoms with Crippen molar-refractivity contribution >= 4 is 40.4 Å². The summed E-state index contributed by atoms with van der Waals surface area (Å²) in [5.74, 6) is 0.417. The fraction of sp³-hybridized carbons (Fsp3) is 0.0588. The van der Waals surface area contributed by atoms with Crippen LogP contribution >= 0.6 is 11.6 Å². The van der Waals surface area contributed by atoms with E-state index in [0.29, 0.717) is 10.8 Å². The summed E-state index contributed by atoms with van der Waals surface area (Å²) in [5, 5.41) is 1.55. The van der Waals surface area contributed by atoms with Crippen molar-refractivity contribution in [2.24, 2.45) is 4.99 Å². The first kappa shape index (κ1) is 14.6. The van der Waals surface area contributed by atoms with Gasteiger partial charge in [-0.25, -0.2) is 15.0 Å². The SMILES string of the molecule is O=C1CN(c2cc(-n3ccnc3)c3ccc(Cl)cc3n2)C=CC=N1. The van der Waals surface area contributed by atoms with E-state index in [1.807, 2.05) is 29.0 Å². The van der Waals surface area contributed by atoms with E-state index in [1.165, 1.54) is 6.21 Å². The molecule has 7 heteroatoms. The molecular weight excluding hydrogens is 326 g/mol. The average molecular weight is 338 g/mol. The van der Waals surface area contributed by atoms with E-state index < -0.39 is 0 Å². The number of rotatable bonds is 2. The average Bonchev–Trinajstić information content (AvgIpc) is 3.02. The number of fused-ring (bicyclic) bond motifs is 1. The van der Waals surface area contributed by atoms with Gasteiger partial charge in [-0.1, -0.05) is 11.6 Å². The lowest BCUT2D eigenvalue weighted by Crippen LogP contribution is -2.23. The second-order valence-electron chi connectivity index (χ2n) is 5.27. The summed E-state index contributed by atoms with van der Waals surface area (Å²) in [5.41, 5.74) is 1.66. The maximum absolute atomic E-state index is 11.8. The molecule has 1 aromatic carbocycles. The zero-order chi connectivity index (χ0) is 16.5. The second kappa shape index (κ2) is 5.90. The third-order valence-electron chi connectivity index (χ3n) is 3.69. The van der Waals surface area contributed by atoms with Gasteiger partial charge in [0, 0.05) is 41.3 Å². The van der Waals surface area contributed by atoms with Crippen LogP contribution in [-0.2, 0) is 4.79 Å². The molecule has 0 unspecified atom stereocenters. The summed E-state index contributed by atoms with van der Waals surface area (Å²) < 4.78 is 1.90. The van der Waals surface area contributed by atoms with Gasteiger partial charge < -0.3 is 9.47 Å². The minimum Gasteiger partial charge on any atom is -0.323 e. The minimum atomic E-state index is -0.225. The van der Waals surface area contributed by atoms with Gasteiger partial charge in [0.05, 0.1) is 17.5 Å². The number of aliphatic imine (C=N–C) groups is 1. The molecule has 24 heavy (non-hydrogen) atoms.